The number of nitrogens with one attached hydrogen (secondary N) is 1. The van der Waals surface area contributed by atoms with Crippen LogP contribution >= 0.6 is 0 Å². The second-order valence-corrected chi connectivity index (χ2v) is 5.68. The highest BCUT2D eigenvalue weighted by Gasteiger charge is 2.25. The molecule has 22 heavy (non-hydrogen) atoms. The summed E-state index contributed by atoms with van der Waals surface area (Å²) >= 11 is 0. The van der Waals surface area contributed by atoms with Crippen molar-refractivity contribution in [3.63, 3.8) is 0 Å². The molecule has 1 aliphatic heterocycles. The Kier molecular flexibility index (Phi) is 5.66. The van der Waals surface area contributed by atoms with E-state index < -0.39 is 0 Å². The van der Waals surface area contributed by atoms with Gasteiger partial charge in [-0.15, -0.1) is 0 Å². The number of hydrogen-bond donors (Lipinski definition) is 1. The fourth-order valence-electron chi connectivity index (χ4n) is 3.11. The summed E-state index contributed by atoms with van der Waals surface area (Å²) in [6.45, 7) is 6.91. The van der Waals surface area contributed by atoms with Crippen LogP contribution in [0.25, 0.3) is 0 Å². The Morgan fingerprint density at radius 1 is 1.32 bits per heavy atom. The van der Waals surface area contributed by atoms with E-state index in [0.29, 0.717) is 29.6 Å². The lowest BCUT2D eigenvalue weighted by atomic mass is 10.1. The summed E-state index contributed by atoms with van der Waals surface area (Å²) in [6.07, 6.45) is 2.34. The Morgan fingerprint density at radius 2 is 1.95 bits per heavy atom. The first kappa shape index (κ1) is 16.6. The highest BCUT2D eigenvalue weighted by molar-refractivity contribution is 5.99. The maximum atomic E-state index is 12.6. The van der Waals surface area contributed by atoms with Crippen LogP contribution in [0.2, 0.25) is 0 Å². The number of likely N-dealkylation sites (tertiary alicyclic amines) is 1. The first-order chi connectivity index (χ1) is 10.6. The number of rotatable bonds is 6. The summed E-state index contributed by atoms with van der Waals surface area (Å²) in [4.78, 5) is 15.0. The van der Waals surface area contributed by atoms with E-state index in [9.17, 15) is 4.79 Å². The number of hydrogen-bond acceptors (Lipinski definition) is 4. The number of ether oxygens (including phenoxy) is 2. The van der Waals surface area contributed by atoms with Gasteiger partial charge in [0.1, 0.15) is 17.1 Å². The van der Waals surface area contributed by atoms with Crippen molar-refractivity contribution in [2.75, 3.05) is 33.9 Å². The molecule has 1 fully saturated rings. The van der Waals surface area contributed by atoms with Gasteiger partial charge in [-0.1, -0.05) is 6.92 Å². The number of benzene rings is 1. The molecule has 1 heterocycles. The van der Waals surface area contributed by atoms with E-state index in [1.165, 1.54) is 6.42 Å². The fourth-order valence-corrected chi connectivity index (χ4v) is 3.11. The van der Waals surface area contributed by atoms with Crippen molar-refractivity contribution in [2.45, 2.75) is 32.7 Å². The Labute approximate surface area is 132 Å². The maximum Gasteiger partial charge on any atom is 0.258 e. The van der Waals surface area contributed by atoms with Crippen molar-refractivity contribution in [1.82, 2.24) is 10.2 Å². The molecule has 1 amide bonds. The number of nitrogens with zero attached hydrogens (tertiary/aromatic N) is 1. The van der Waals surface area contributed by atoms with E-state index in [-0.39, 0.29) is 5.91 Å². The Hall–Kier alpha value is -1.75. The SMILES string of the molecule is CCN1CCCC1CNC(=O)c1c(OC)cc(C)cc1OC. The summed E-state index contributed by atoms with van der Waals surface area (Å²) in [6, 6.07) is 4.13. The van der Waals surface area contributed by atoms with E-state index >= 15 is 0 Å². The predicted octanol–water partition coefficient (Wildman–Crippen LogP) is 2.23. The van der Waals surface area contributed by atoms with Crippen LogP contribution in [0.15, 0.2) is 12.1 Å². The zero-order valence-electron chi connectivity index (χ0n) is 13.9. The Bertz CT molecular complexity index is 506. The minimum atomic E-state index is -0.142. The van der Waals surface area contributed by atoms with Crippen LogP contribution in [0.1, 0.15) is 35.7 Å². The average molecular weight is 306 g/mol. The van der Waals surface area contributed by atoms with Crippen LogP contribution in [-0.4, -0.2) is 50.7 Å². The lowest BCUT2D eigenvalue weighted by molar-refractivity contribution is 0.0935. The summed E-state index contributed by atoms with van der Waals surface area (Å²) in [5, 5.41) is 3.03. The fraction of sp³-hybridized carbons (Fsp3) is 0.588. The van der Waals surface area contributed by atoms with Gasteiger partial charge in [-0.05, 0) is 50.6 Å². The van der Waals surface area contributed by atoms with Crippen LogP contribution in [0.3, 0.4) is 0 Å². The smallest absolute Gasteiger partial charge is 0.258 e. The van der Waals surface area contributed by atoms with Gasteiger partial charge < -0.3 is 14.8 Å². The molecule has 5 heteroatoms. The molecule has 1 atom stereocenters. The zero-order chi connectivity index (χ0) is 16.1. The summed E-state index contributed by atoms with van der Waals surface area (Å²) in [7, 11) is 3.14. The third-order valence-corrected chi connectivity index (χ3v) is 4.28. The van der Waals surface area contributed by atoms with Gasteiger partial charge in [0.15, 0.2) is 0 Å². The molecule has 5 nitrogen and oxygen atoms in total. The number of aryl methyl sites for hydroxylation is 1. The van der Waals surface area contributed by atoms with Crippen molar-refractivity contribution in [3.8, 4) is 11.5 Å². The van der Waals surface area contributed by atoms with E-state index in [1.807, 2.05) is 19.1 Å². The predicted molar refractivity (Wildman–Crippen MR) is 86.9 cm³/mol. The molecule has 0 radical (unpaired) electrons. The number of carbonyl (C=O) groups is 1. The first-order valence-electron chi connectivity index (χ1n) is 7.85. The summed E-state index contributed by atoms with van der Waals surface area (Å²) < 4.78 is 10.7. The topological polar surface area (TPSA) is 50.8 Å². The maximum absolute atomic E-state index is 12.6. The van der Waals surface area contributed by atoms with E-state index in [1.54, 1.807) is 14.2 Å². The van der Waals surface area contributed by atoms with Crippen LogP contribution in [0.4, 0.5) is 0 Å². The van der Waals surface area contributed by atoms with E-state index in [0.717, 1.165) is 25.1 Å². The molecule has 122 valence electrons. The van der Waals surface area contributed by atoms with Crippen LogP contribution in [0.5, 0.6) is 11.5 Å². The van der Waals surface area contributed by atoms with Gasteiger partial charge in [0.2, 0.25) is 0 Å². The van der Waals surface area contributed by atoms with Gasteiger partial charge in [0.05, 0.1) is 14.2 Å². The Balaban J connectivity index is 2.12. The minimum absolute atomic E-state index is 0.142. The molecule has 0 aliphatic carbocycles. The molecule has 1 unspecified atom stereocenters. The summed E-state index contributed by atoms with van der Waals surface area (Å²) in [5.74, 6) is 0.956. The number of amides is 1. The molecule has 0 bridgehead atoms. The molecule has 0 aromatic heterocycles. The van der Waals surface area contributed by atoms with E-state index in [2.05, 4.69) is 17.1 Å². The van der Waals surface area contributed by atoms with Gasteiger partial charge in [-0.2, -0.15) is 0 Å². The minimum Gasteiger partial charge on any atom is -0.496 e. The third kappa shape index (κ3) is 3.53. The van der Waals surface area contributed by atoms with Crippen molar-refractivity contribution >= 4 is 5.91 Å². The molecule has 0 spiro atoms. The first-order valence-corrected chi connectivity index (χ1v) is 7.85. The Morgan fingerprint density at radius 3 is 2.50 bits per heavy atom. The monoisotopic (exact) mass is 306 g/mol. The molecular weight excluding hydrogens is 280 g/mol. The summed E-state index contributed by atoms with van der Waals surface area (Å²) in [5.41, 5.74) is 1.47. The number of carbonyl (C=O) groups excluding carboxylic acids is 1. The average Bonchev–Trinajstić information content (AvgIpc) is 2.98. The molecule has 1 aromatic rings. The van der Waals surface area contributed by atoms with Gasteiger partial charge in [-0.25, -0.2) is 0 Å². The van der Waals surface area contributed by atoms with Crippen molar-refractivity contribution < 1.29 is 14.3 Å². The van der Waals surface area contributed by atoms with Gasteiger partial charge in [0, 0.05) is 12.6 Å². The lowest BCUT2D eigenvalue weighted by Gasteiger charge is -2.23. The molecular formula is C17H26N2O3. The zero-order valence-corrected chi connectivity index (χ0v) is 13.9. The van der Waals surface area contributed by atoms with Gasteiger partial charge >= 0.3 is 0 Å². The molecule has 0 saturated carbocycles. The second kappa shape index (κ2) is 7.49. The van der Waals surface area contributed by atoms with Crippen molar-refractivity contribution in [1.29, 1.82) is 0 Å². The lowest BCUT2D eigenvalue weighted by Crippen LogP contribution is -2.40. The van der Waals surface area contributed by atoms with Crippen molar-refractivity contribution in [2.24, 2.45) is 0 Å². The molecule has 1 aliphatic rings. The molecule has 2 rings (SSSR count). The van der Waals surface area contributed by atoms with Crippen LogP contribution in [0, 0.1) is 6.92 Å². The van der Waals surface area contributed by atoms with Crippen LogP contribution < -0.4 is 14.8 Å². The highest BCUT2D eigenvalue weighted by Crippen LogP contribution is 2.30. The molecule has 1 N–H and O–H groups in total. The largest absolute Gasteiger partial charge is 0.496 e. The van der Waals surface area contributed by atoms with E-state index in [4.69, 9.17) is 9.47 Å². The molecule has 1 saturated heterocycles. The quantitative estimate of drug-likeness (QED) is 0.875. The number of likely N-dealkylation sites (N-methyl/N-ethyl adjacent to an activating group) is 1. The van der Waals surface area contributed by atoms with Crippen molar-refractivity contribution in [3.05, 3.63) is 23.3 Å². The van der Waals surface area contributed by atoms with Crippen LogP contribution in [-0.2, 0) is 0 Å². The number of methoxy groups -OCH3 is 2. The third-order valence-electron chi connectivity index (χ3n) is 4.28. The molecule has 1 aromatic carbocycles. The standard InChI is InChI=1S/C17H26N2O3/c1-5-19-8-6-7-13(19)11-18-17(20)16-14(21-3)9-12(2)10-15(16)22-4/h9-10,13H,5-8,11H2,1-4H3,(H,18,20). The second-order valence-electron chi connectivity index (χ2n) is 5.68. The van der Waals surface area contributed by atoms with Gasteiger partial charge in [0.25, 0.3) is 5.91 Å². The van der Waals surface area contributed by atoms with Gasteiger partial charge in [-0.3, -0.25) is 9.69 Å². The highest BCUT2D eigenvalue weighted by atomic mass is 16.5. The normalized spacial score (nSPS) is 18.3.